The van der Waals surface area contributed by atoms with Crippen LogP contribution in [0.2, 0.25) is 0 Å². The zero-order valence-electron chi connectivity index (χ0n) is 13.7. The number of ether oxygens (including phenoxy) is 1. The molecule has 1 aromatic heterocycles. The molecule has 0 spiro atoms. The number of H-pyrrole nitrogens is 1. The van der Waals surface area contributed by atoms with Gasteiger partial charge >= 0.3 is 0 Å². The average Bonchev–Trinajstić information content (AvgIpc) is 3.06. The third kappa shape index (κ3) is 4.45. The van der Waals surface area contributed by atoms with Gasteiger partial charge < -0.3 is 20.7 Å². The fourth-order valence-electron chi connectivity index (χ4n) is 3.05. The molecule has 24 heavy (non-hydrogen) atoms. The summed E-state index contributed by atoms with van der Waals surface area (Å²) in [4.78, 5) is 34.2. The lowest BCUT2D eigenvalue weighted by molar-refractivity contribution is -0.122. The van der Waals surface area contributed by atoms with Crippen LogP contribution in [0.1, 0.15) is 12.8 Å². The van der Waals surface area contributed by atoms with Crippen molar-refractivity contribution in [2.24, 2.45) is 0 Å². The molecular weight excluding hydrogens is 312 g/mol. The maximum absolute atomic E-state index is 12.0. The zero-order valence-corrected chi connectivity index (χ0v) is 13.7. The summed E-state index contributed by atoms with van der Waals surface area (Å²) in [5, 5.41) is 2.94. The van der Waals surface area contributed by atoms with E-state index >= 15 is 0 Å². The van der Waals surface area contributed by atoms with E-state index < -0.39 is 0 Å². The average molecular weight is 336 g/mol. The number of carbonyl (C=O) groups is 1. The highest BCUT2D eigenvalue weighted by atomic mass is 16.5. The first-order valence-electron chi connectivity index (χ1n) is 8.32. The number of rotatable bonds is 5. The first kappa shape index (κ1) is 16.7. The Balaban J connectivity index is 1.43. The van der Waals surface area contributed by atoms with E-state index in [1.165, 1.54) is 6.07 Å². The molecule has 0 bridgehead atoms. The lowest BCUT2D eigenvalue weighted by atomic mass is 10.2. The first-order valence-corrected chi connectivity index (χ1v) is 8.32. The molecule has 9 heteroatoms. The molecule has 0 aliphatic carbocycles. The molecule has 3 heterocycles. The van der Waals surface area contributed by atoms with Crippen LogP contribution in [0.5, 0.6) is 0 Å². The summed E-state index contributed by atoms with van der Waals surface area (Å²) in [6.07, 6.45) is 2.26. The Morgan fingerprint density at radius 2 is 2.21 bits per heavy atom. The molecule has 2 saturated heterocycles. The molecule has 9 nitrogen and oxygen atoms in total. The quantitative estimate of drug-likeness (QED) is 0.616. The minimum Gasteiger partial charge on any atom is -0.376 e. The van der Waals surface area contributed by atoms with Gasteiger partial charge in [0.2, 0.25) is 11.9 Å². The van der Waals surface area contributed by atoms with Crippen LogP contribution in [0, 0.1) is 0 Å². The Morgan fingerprint density at radius 3 is 2.88 bits per heavy atom. The second kappa shape index (κ2) is 7.63. The molecule has 0 radical (unpaired) electrons. The van der Waals surface area contributed by atoms with Crippen molar-refractivity contribution in [2.75, 3.05) is 56.5 Å². The van der Waals surface area contributed by atoms with Gasteiger partial charge in [-0.1, -0.05) is 0 Å². The molecule has 0 unspecified atom stereocenters. The van der Waals surface area contributed by atoms with Crippen molar-refractivity contribution in [1.29, 1.82) is 0 Å². The minimum absolute atomic E-state index is 0.0254. The van der Waals surface area contributed by atoms with E-state index in [-0.39, 0.29) is 23.5 Å². The number of nitrogens with two attached hydrogens (primary N) is 1. The highest BCUT2D eigenvalue weighted by Crippen LogP contribution is 2.12. The summed E-state index contributed by atoms with van der Waals surface area (Å²) >= 11 is 0. The molecule has 2 aliphatic heterocycles. The largest absolute Gasteiger partial charge is 0.376 e. The Kier molecular flexibility index (Phi) is 5.31. The third-order valence-corrected chi connectivity index (χ3v) is 4.36. The van der Waals surface area contributed by atoms with Crippen LogP contribution in [0.15, 0.2) is 10.9 Å². The van der Waals surface area contributed by atoms with E-state index in [1.807, 2.05) is 4.90 Å². The van der Waals surface area contributed by atoms with Crippen LogP contribution in [0.4, 0.5) is 11.8 Å². The maximum Gasteiger partial charge on any atom is 0.254 e. The Labute approximate surface area is 140 Å². The Bertz CT molecular complexity index is 620. The first-order chi connectivity index (χ1) is 11.6. The van der Waals surface area contributed by atoms with Gasteiger partial charge in [0, 0.05) is 45.4 Å². The topological polar surface area (TPSA) is 117 Å². The van der Waals surface area contributed by atoms with E-state index in [2.05, 4.69) is 20.2 Å². The van der Waals surface area contributed by atoms with Crippen molar-refractivity contribution in [3.8, 4) is 0 Å². The number of nitrogen functional groups attached to an aromatic ring is 1. The van der Waals surface area contributed by atoms with Gasteiger partial charge in [0.05, 0.1) is 12.6 Å². The van der Waals surface area contributed by atoms with Crippen LogP contribution >= 0.6 is 0 Å². The molecule has 1 aromatic rings. The summed E-state index contributed by atoms with van der Waals surface area (Å²) in [6.45, 7) is 4.65. The van der Waals surface area contributed by atoms with Crippen LogP contribution < -0.4 is 21.5 Å². The minimum atomic E-state index is -0.256. The predicted octanol–water partition coefficient (Wildman–Crippen LogP) is -1.23. The van der Waals surface area contributed by atoms with Crippen LogP contribution in [-0.2, 0) is 9.53 Å². The Hall–Kier alpha value is -2.13. The second-order valence-electron chi connectivity index (χ2n) is 6.19. The van der Waals surface area contributed by atoms with Gasteiger partial charge in [-0.25, -0.2) is 0 Å². The molecule has 2 fully saturated rings. The van der Waals surface area contributed by atoms with Crippen molar-refractivity contribution in [3.63, 3.8) is 0 Å². The fraction of sp³-hybridized carbons (Fsp3) is 0.667. The summed E-state index contributed by atoms with van der Waals surface area (Å²) < 4.78 is 5.50. The fourth-order valence-corrected chi connectivity index (χ4v) is 3.05. The lowest BCUT2D eigenvalue weighted by Gasteiger charge is -2.34. The molecular formula is C15H24N6O3. The third-order valence-electron chi connectivity index (χ3n) is 4.36. The highest BCUT2D eigenvalue weighted by Gasteiger charge is 2.21. The standard InChI is InChI=1S/C15H24N6O3/c16-15-18-12(8-13(22)19-15)21-5-3-20(4-6-21)10-14(23)17-9-11-2-1-7-24-11/h8,11H,1-7,9-10H2,(H,17,23)(H3,16,18,19,22)/t11-/m0/s1. The maximum atomic E-state index is 12.0. The molecule has 0 aromatic carbocycles. The van der Waals surface area contributed by atoms with Gasteiger partial charge in [0.15, 0.2) is 0 Å². The van der Waals surface area contributed by atoms with Gasteiger partial charge in [0.1, 0.15) is 5.82 Å². The van der Waals surface area contributed by atoms with Crippen LogP contribution in [-0.4, -0.2) is 72.8 Å². The number of piperazine rings is 1. The van der Waals surface area contributed by atoms with Crippen molar-refractivity contribution in [2.45, 2.75) is 18.9 Å². The lowest BCUT2D eigenvalue weighted by Crippen LogP contribution is -2.50. The molecule has 3 rings (SSSR count). The van der Waals surface area contributed by atoms with Gasteiger partial charge in [-0.05, 0) is 12.8 Å². The van der Waals surface area contributed by atoms with Gasteiger partial charge in [0.25, 0.3) is 5.56 Å². The smallest absolute Gasteiger partial charge is 0.254 e. The summed E-state index contributed by atoms with van der Waals surface area (Å²) in [7, 11) is 0. The van der Waals surface area contributed by atoms with E-state index in [1.54, 1.807) is 0 Å². The molecule has 132 valence electrons. The number of hydrogen-bond acceptors (Lipinski definition) is 7. The van der Waals surface area contributed by atoms with Gasteiger partial charge in [-0.3, -0.25) is 19.5 Å². The number of nitrogens with zero attached hydrogens (tertiary/aromatic N) is 3. The van der Waals surface area contributed by atoms with Crippen molar-refractivity contribution >= 4 is 17.7 Å². The highest BCUT2D eigenvalue weighted by molar-refractivity contribution is 5.78. The van der Waals surface area contributed by atoms with Gasteiger partial charge in [-0.2, -0.15) is 4.98 Å². The van der Waals surface area contributed by atoms with Crippen molar-refractivity contribution in [3.05, 3.63) is 16.4 Å². The zero-order chi connectivity index (χ0) is 16.9. The van der Waals surface area contributed by atoms with Gasteiger partial charge in [-0.15, -0.1) is 0 Å². The summed E-state index contributed by atoms with van der Waals surface area (Å²) in [5.41, 5.74) is 5.32. The molecule has 1 atom stereocenters. The molecule has 4 N–H and O–H groups in total. The number of hydrogen-bond donors (Lipinski definition) is 3. The number of anilines is 2. The van der Waals surface area contributed by atoms with E-state index in [4.69, 9.17) is 10.5 Å². The van der Waals surface area contributed by atoms with E-state index in [0.29, 0.717) is 32.0 Å². The normalized spacial score (nSPS) is 21.8. The summed E-state index contributed by atoms with van der Waals surface area (Å²) in [5.74, 6) is 0.727. The molecule has 2 aliphatic rings. The molecule has 0 saturated carbocycles. The summed E-state index contributed by atoms with van der Waals surface area (Å²) in [6, 6.07) is 1.44. The van der Waals surface area contributed by atoms with Crippen molar-refractivity contribution < 1.29 is 9.53 Å². The number of nitrogens with one attached hydrogen (secondary N) is 2. The SMILES string of the molecule is Nc1nc(N2CCN(CC(=O)NC[C@@H]3CCCO3)CC2)cc(=O)[nH]1. The van der Waals surface area contributed by atoms with E-state index in [0.717, 1.165) is 32.5 Å². The van der Waals surface area contributed by atoms with E-state index in [9.17, 15) is 9.59 Å². The monoisotopic (exact) mass is 336 g/mol. The number of amides is 1. The predicted molar refractivity (Wildman–Crippen MR) is 89.9 cm³/mol. The molecule has 1 amide bonds. The second-order valence-corrected chi connectivity index (χ2v) is 6.19. The number of carbonyl (C=O) groups excluding carboxylic acids is 1. The van der Waals surface area contributed by atoms with Crippen LogP contribution in [0.3, 0.4) is 0 Å². The number of aromatic amines is 1. The van der Waals surface area contributed by atoms with Crippen LogP contribution in [0.25, 0.3) is 0 Å². The van der Waals surface area contributed by atoms with Crippen molar-refractivity contribution in [1.82, 2.24) is 20.2 Å². The number of aromatic nitrogens is 2. The Morgan fingerprint density at radius 1 is 1.42 bits per heavy atom.